The molecule has 4 rings (SSSR count). The van der Waals surface area contributed by atoms with E-state index >= 15 is 0 Å². The number of aromatic nitrogens is 1. The summed E-state index contributed by atoms with van der Waals surface area (Å²) in [6, 6.07) is 16.6. The number of methoxy groups -OCH3 is 1. The van der Waals surface area contributed by atoms with Crippen LogP contribution in [0.15, 0.2) is 59.1 Å². The highest BCUT2D eigenvalue weighted by molar-refractivity contribution is 5.96. The maximum Gasteiger partial charge on any atom is 0.276 e. The Morgan fingerprint density at radius 2 is 1.60 bits per heavy atom. The minimum Gasteiger partial charge on any atom is -0.496 e. The van der Waals surface area contributed by atoms with Crippen LogP contribution in [0.25, 0.3) is 11.3 Å². The number of carbonyl (C=O) groups excluding carboxylic acids is 2. The van der Waals surface area contributed by atoms with Gasteiger partial charge in [-0.15, -0.1) is 0 Å². The van der Waals surface area contributed by atoms with E-state index in [-0.39, 0.29) is 17.5 Å². The highest BCUT2D eigenvalue weighted by Crippen LogP contribution is 2.22. The number of aryl methyl sites for hydroxylation is 1. The van der Waals surface area contributed by atoms with Gasteiger partial charge in [-0.25, -0.2) is 0 Å². The fourth-order valence-corrected chi connectivity index (χ4v) is 3.52. The normalized spacial score (nSPS) is 13.9. The Bertz CT molecular complexity index is 1050. The zero-order valence-electron chi connectivity index (χ0n) is 17.0. The van der Waals surface area contributed by atoms with Crippen LogP contribution in [0.2, 0.25) is 0 Å². The second-order valence-electron chi connectivity index (χ2n) is 7.21. The molecule has 0 saturated carbocycles. The van der Waals surface area contributed by atoms with Crippen molar-refractivity contribution in [2.45, 2.75) is 6.92 Å². The molecule has 30 heavy (non-hydrogen) atoms. The number of hydrogen-bond acceptors (Lipinski definition) is 5. The summed E-state index contributed by atoms with van der Waals surface area (Å²) in [5, 5.41) is 3.94. The maximum atomic E-state index is 12.8. The molecule has 154 valence electrons. The third-order valence-electron chi connectivity index (χ3n) is 5.30. The van der Waals surface area contributed by atoms with E-state index in [1.165, 1.54) is 0 Å². The number of piperazine rings is 1. The zero-order chi connectivity index (χ0) is 21.1. The SMILES string of the molecule is COc1cc(C(=O)N2CCN(C(=O)c3cc(-c4ccccc4)on3)CC2)ccc1C. The van der Waals surface area contributed by atoms with E-state index in [2.05, 4.69) is 5.16 Å². The zero-order valence-corrected chi connectivity index (χ0v) is 17.0. The minimum atomic E-state index is -0.190. The predicted molar refractivity (Wildman–Crippen MR) is 111 cm³/mol. The summed E-state index contributed by atoms with van der Waals surface area (Å²) in [5.74, 6) is 0.995. The summed E-state index contributed by atoms with van der Waals surface area (Å²) in [7, 11) is 1.59. The Kier molecular flexibility index (Phi) is 5.52. The summed E-state index contributed by atoms with van der Waals surface area (Å²) < 4.78 is 10.7. The molecular formula is C23H23N3O4. The molecule has 2 heterocycles. The molecule has 1 fully saturated rings. The lowest BCUT2D eigenvalue weighted by Gasteiger charge is -2.34. The fourth-order valence-electron chi connectivity index (χ4n) is 3.52. The standard InChI is InChI=1S/C23H23N3O4/c1-16-8-9-18(14-20(16)29-2)22(27)25-10-12-26(13-11-25)23(28)19-15-21(30-24-19)17-6-4-3-5-7-17/h3-9,14-15H,10-13H2,1-2H3. The molecule has 1 aromatic heterocycles. The van der Waals surface area contributed by atoms with Crippen LogP contribution in [0.4, 0.5) is 0 Å². The quantitative estimate of drug-likeness (QED) is 0.666. The minimum absolute atomic E-state index is 0.0619. The van der Waals surface area contributed by atoms with Gasteiger partial charge in [0.15, 0.2) is 11.5 Å². The van der Waals surface area contributed by atoms with Crippen LogP contribution in [-0.2, 0) is 0 Å². The lowest BCUT2D eigenvalue weighted by atomic mass is 10.1. The van der Waals surface area contributed by atoms with Crippen molar-refractivity contribution in [2.24, 2.45) is 0 Å². The first-order valence-corrected chi connectivity index (χ1v) is 9.82. The molecule has 2 amide bonds. The lowest BCUT2D eigenvalue weighted by Crippen LogP contribution is -2.50. The first-order chi connectivity index (χ1) is 14.6. The average molecular weight is 405 g/mol. The molecule has 0 radical (unpaired) electrons. The molecule has 3 aromatic rings. The third-order valence-corrected chi connectivity index (χ3v) is 5.30. The van der Waals surface area contributed by atoms with Crippen LogP contribution in [0.3, 0.4) is 0 Å². The van der Waals surface area contributed by atoms with Crippen LogP contribution in [0.1, 0.15) is 26.4 Å². The van der Waals surface area contributed by atoms with E-state index in [9.17, 15) is 9.59 Å². The van der Waals surface area contributed by atoms with Crippen molar-refractivity contribution in [2.75, 3.05) is 33.3 Å². The van der Waals surface area contributed by atoms with Gasteiger partial charge in [0.1, 0.15) is 5.75 Å². The van der Waals surface area contributed by atoms with Crippen molar-refractivity contribution in [1.82, 2.24) is 15.0 Å². The number of amides is 2. The summed E-state index contributed by atoms with van der Waals surface area (Å²) in [5.41, 5.74) is 2.71. The van der Waals surface area contributed by atoms with Crippen LogP contribution < -0.4 is 4.74 Å². The van der Waals surface area contributed by atoms with Crippen LogP contribution in [0.5, 0.6) is 5.75 Å². The van der Waals surface area contributed by atoms with Crippen molar-refractivity contribution in [1.29, 1.82) is 0 Å². The second-order valence-corrected chi connectivity index (χ2v) is 7.21. The van der Waals surface area contributed by atoms with Crippen molar-refractivity contribution < 1.29 is 18.8 Å². The number of hydrogen-bond donors (Lipinski definition) is 0. The van der Waals surface area contributed by atoms with Crippen LogP contribution >= 0.6 is 0 Å². The molecular weight excluding hydrogens is 382 g/mol. The van der Waals surface area contributed by atoms with Gasteiger partial charge in [0.25, 0.3) is 11.8 Å². The average Bonchev–Trinajstić information content (AvgIpc) is 3.29. The summed E-state index contributed by atoms with van der Waals surface area (Å²) >= 11 is 0. The number of carbonyl (C=O) groups is 2. The van der Waals surface area contributed by atoms with Crippen LogP contribution in [0, 0.1) is 6.92 Å². The topological polar surface area (TPSA) is 75.9 Å². The Morgan fingerprint density at radius 3 is 2.27 bits per heavy atom. The van der Waals surface area contributed by atoms with Gasteiger partial charge in [-0.2, -0.15) is 0 Å². The van der Waals surface area contributed by atoms with Crippen molar-refractivity contribution in [3.05, 3.63) is 71.4 Å². The molecule has 0 unspecified atom stereocenters. The molecule has 1 aliphatic rings. The molecule has 7 heteroatoms. The fraction of sp³-hybridized carbons (Fsp3) is 0.261. The molecule has 1 aliphatic heterocycles. The molecule has 1 saturated heterocycles. The highest BCUT2D eigenvalue weighted by atomic mass is 16.5. The van der Waals surface area contributed by atoms with Crippen molar-refractivity contribution in [3.8, 4) is 17.1 Å². The van der Waals surface area contributed by atoms with Gasteiger partial charge in [-0.05, 0) is 24.6 Å². The molecule has 0 spiro atoms. The first kappa shape index (κ1) is 19.7. The van der Waals surface area contributed by atoms with E-state index < -0.39 is 0 Å². The molecule has 0 bridgehead atoms. The van der Waals surface area contributed by atoms with Crippen molar-refractivity contribution in [3.63, 3.8) is 0 Å². The van der Waals surface area contributed by atoms with E-state index in [1.54, 1.807) is 35.1 Å². The van der Waals surface area contributed by atoms with Gasteiger partial charge in [0.05, 0.1) is 7.11 Å². The smallest absolute Gasteiger partial charge is 0.276 e. The summed E-state index contributed by atoms with van der Waals surface area (Å²) in [6.07, 6.45) is 0. The van der Waals surface area contributed by atoms with Crippen LogP contribution in [-0.4, -0.2) is 60.1 Å². The molecule has 0 N–H and O–H groups in total. The lowest BCUT2D eigenvalue weighted by molar-refractivity contribution is 0.0529. The number of ether oxygens (including phenoxy) is 1. The molecule has 0 aliphatic carbocycles. The Morgan fingerprint density at radius 1 is 0.933 bits per heavy atom. The summed E-state index contributed by atoms with van der Waals surface area (Å²) in [6.45, 7) is 3.75. The second kappa shape index (κ2) is 8.41. The number of benzene rings is 2. The highest BCUT2D eigenvalue weighted by Gasteiger charge is 2.27. The van der Waals surface area contributed by atoms with Gasteiger partial charge >= 0.3 is 0 Å². The van der Waals surface area contributed by atoms with E-state index in [1.807, 2.05) is 43.3 Å². The molecule has 7 nitrogen and oxygen atoms in total. The number of rotatable bonds is 4. The Hall–Kier alpha value is -3.61. The van der Waals surface area contributed by atoms with Gasteiger partial charge in [0.2, 0.25) is 0 Å². The Balaban J connectivity index is 1.39. The van der Waals surface area contributed by atoms with Gasteiger partial charge < -0.3 is 19.1 Å². The Labute approximate surface area is 174 Å². The first-order valence-electron chi connectivity index (χ1n) is 9.82. The maximum absolute atomic E-state index is 12.8. The van der Waals surface area contributed by atoms with E-state index in [0.717, 1.165) is 11.1 Å². The summed E-state index contributed by atoms with van der Waals surface area (Å²) in [4.78, 5) is 29.1. The molecule has 2 aromatic carbocycles. The largest absolute Gasteiger partial charge is 0.496 e. The van der Waals surface area contributed by atoms with Gasteiger partial charge in [0, 0.05) is 43.4 Å². The van der Waals surface area contributed by atoms with E-state index in [0.29, 0.717) is 43.3 Å². The third kappa shape index (κ3) is 3.91. The van der Waals surface area contributed by atoms with Crippen molar-refractivity contribution >= 4 is 11.8 Å². The van der Waals surface area contributed by atoms with Gasteiger partial charge in [-0.3, -0.25) is 9.59 Å². The predicted octanol–water partition coefficient (Wildman–Crippen LogP) is 3.26. The molecule has 0 atom stereocenters. The monoisotopic (exact) mass is 405 g/mol. The van der Waals surface area contributed by atoms with Gasteiger partial charge in [-0.1, -0.05) is 41.6 Å². The van der Waals surface area contributed by atoms with E-state index in [4.69, 9.17) is 9.26 Å². The number of nitrogens with zero attached hydrogens (tertiary/aromatic N) is 3.